The summed E-state index contributed by atoms with van der Waals surface area (Å²) in [5.41, 5.74) is 6.92. The first-order chi connectivity index (χ1) is 8.43. The Morgan fingerprint density at radius 3 is 2.50 bits per heavy atom. The first-order valence-corrected chi connectivity index (χ1v) is 6.54. The molecular weight excluding hydrogens is 252 g/mol. The molecule has 1 aromatic heterocycles. The van der Waals surface area contributed by atoms with Crippen molar-refractivity contribution in [1.82, 2.24) is 5.32 Å². The van der Waals surface area contributed by atoms with Crippen molar-refractivity contribution in [2.75, 3.05) is 19.4 Å². The lowest BCUT2D eigenvalue weighted by molar-refractivity contribution is 0.0605. The molecule has 1 aromatic rings. The Hall–Kier alpha value is -1.56. The van der Waals surface area contributed by atoms with Crippen molar-refractivity contribution in [3.63, 3.8) is 0 Å². The lowest BCUT2D eigenvalue weighted by atomic mass is 9.98. The summed E-state index contributed by atoms with van der Waals surface area (Å²) in [5, 5.41) is 3.06. The molecule has 0 unspecified atom stereocenters. The summed E-state index contributed by atoms with van der Waals surface area (Å²) in [6.07, 6.45) is 0. The molecule has 1 heterocycles. The molecule has 0 aliphatic heterocycles. The predicted molar refractivity (Wildman–Crippen MR) is 72.2 cm³/mol. The number of esters is 1. The third-order valence-electron chi connectivity index (χ3n) is 2.48. The van der Waals surface area contributed by atoms with Crippen LogP contribution < -0.4 is 11.1 Å². The van der Waals surface area contributed by atoms with Crippen molar-refractivity contribution < 1.29 is 14.3 Å². The molecule has 18 heavy (non-hydrogen) atoms. The zero-order chi connectivity index (χ0) is 13.9. The molecule has 6 heteroatoms. The first kappa shape index (κ1) is 14.5. The first-order valence-electron chi connectivity index (χ1n) is 5.72. The van der Waals surface area contributed by atoms with Crippen LogP contribution in [0.2, 0.25) is 0 Å². The number of nitrogen functional groups attached to an aromatic ring is 1. The van der Waals surface area contributed by atoms with Gasteiger partial charge in [-0.15, -0.1) is 11.3 Å². The van der Waals surface area contributed by atoms with Crippen molar-refractivity contribution in [2.45, 2.75) is 26.7 Å². The van der Waals surface area contributed by atoms with E-state index >= 15 is 0 Å². The van der Waals surface area contributed by atoms with Gasteiger partial charge in [0, 0.05) is 6.54 Å². The topological polar surface area (TPSA) is 81.4 Å². The summed E-state index contributed by atoms with van der Waals surface area (Å²) in [4.78, 5) is 24.1. The Kier molecular flexibility index (Phi) is 4.72. The second-order valence-electron chi connectivity index (χ2n) is 4.09. The Balaban J connectivity index is 3.37. The van der Waals surface area contributed by atoms with Crippen LogP contribution in [0.5, 0.6) is 0 Å². The molecule has 0 saturated carbocycles. The van der Waals surface area contributed by atoms with Crippen LogP contribution in [0.1, 0.15) is 52.3 Å². The van der Waals surface area contributed by atoms with Gasteiger partial charge in [0.2, 0.25) is 0 Å². The lowest BCUT2D eigenvalue weighted by Crippen LogP contribution is -2.24. The van der Waals surface area contributed by atoms with Crippen LogP contribution in [0.4, 0.5) is 5.00 Å². The minimum atomic E-state index is -0.453. The van der Waals surface area contributed by atoms with Crippen LogP contribution in [-0.4, -0.2) is 25.5 Å². The highest BCUT2D eigenvalue weighted by Gasteiger charge is 2.27. The molecule has 0 saturated heterocycles. The molecule has 0 aromatic carbocycles. The van der Waals surface area contributed by atoms with E-state index in [-0.39, 0.29) is 11.8 Å². The number of amides is 1. The fourth-order valence-corrected chi connectivity index (χ4v) is 2.88. The fraction of sp³-hybridized carbons (Fsp3) is 0.500. The number of methoxy groups -OCH3 is 1. The van der Waals surface area contributed by atoms with Gasteiger partial charge in [-0.3, -0.25) is 4.79 Å². The van der Waals surface area contributed by atoms with E-state index in [9.17, 15) is 9.59 Å². The molecule has 5 nitrogen and oxygen atoms in total. The highest BCUT2D eigenvalue weighted by molar-refractivity contribution is 7.18. The van der Waals surface area contributed by atoms with Crippen LogP contribution in [0.3, 0.4) is 0 Å². The maximum Gasteiger partial charge on any atom is 0.348 e. The highest BCUT2D eigenvalue weighted by atomic mass is 32.1. The second kappa shape index (κ2) is 5.86. The number of hydrogen-bond donors (Lipinski definition) is 2. The summed E-state index contributed by atoms with van der Waals surface area (Å²) in [6, 6.07) is 0. The van der Waals surface area contributed by atoms with E-state index in [4.69, 9.17) is 10.5 Å². The summed E-state index contributed by atoms with van der Waals surface area (Å²) in [5.74, 6) is -0.679. The van der Waals surface area contributed by atoms with Crippen LogP contribution in [0.25, 0.3) is 0 Å². The maximum atomic E-state index is 12.0. The summed E-state index contributed by atoms with van der Waals surface area (Å²) < 4.78 is 4.72. The average Bonchev–Trinajstić information content (AvgIpc) is 2.66. The van der Waals surface area contributed by atoms with Gasteiger partial charge in [0.1, 0.15) is 4.88 Å². The van der Waals surface area contributed by atoms with Crippen LogP contribution in [-0.2, 0) is 4.74 Å². The number of nitrogens with one attached hydrogen (secondary N) is 1. The van der Waals surface area contributed by atoms with Gasteiger partial charge in [-0.1, -0.05) is 13.8 Å². The summed E-state index contributed by atoms with van der Waals surface area (Å²) in [7, 11) is 1.31. The van der Waals surface area contributed by atoms with E-state index in [0.29, 0.717) is 27.5 Å². The molecular formula is C12H18N2O3S. The van der Waals surface area contributed by atoms with Crippen LogP contribution >= 0.6 is 11.3 Å². The van der Waals surface area contributed by atoms with Gasteiger partial charge in [-0.05, 0) is 18.4 Å². The Labute approximate surface area is 110 Å². The molecule has 0 aliphatic rings. The van der Waals surface area contributed by atoms with Crippen molar-refractivity contribution >= 4 is 28.2 Å². The normalized spacial score (nSPS) is 10.5. The van der Waals surface area contributed by atoms with E-state index in [0.717, 1.165) is 11.3 Å². The predicted octanol–water partition coefficient (Wildman–Crippen LogP) is 1.99. The zero-order valence-electron chi connectivity index (χ0n) is 11.0. The molecule has 0 spiro atoms. The minimum Gasteiger partial charge on any atom is -0.465 e. The number of thiophene rings is 1. The molecule has 100 valence electrons. The van der Waals surface area contributed by atoms with Crippen LogP contribution in [0.15, 0.2) is 0 Å². The minimum absolute atomic E-state index is 0.0188. The monoisotopic (exact) mass is 270 g/mol. The van der Waals surface area contributed by atoms with Gasteiger partial charge in [-0.2, -0.15) is 0 Å². The van der Waals surface area contributed by atoms with E-state index in [2.05, 4.69) is 5.32 Å². The average molecular weight is 270 g/mol. The van der Waals surface area contributed by atoms with Crippen molar-refractivity contribution in [3.05, 3.63) is 16.0 Å². The number of carbonyl (C=O) groups is 2. The fourth-order valence-electron chi connectivity index (χ4n) is 1.74. The van der Waals surface area contributed by atoms with Crippen molar-refractivity contribution in [2.24, 2.45) is 0 Å². The number of anilines is 1. The molecule has 3 N–H and O–H groups in total. The van der Waals surface area contributed by atoms with E-state index in [1.165, 1.54) is 7.11 Å². The van der Waals surface area contributed by atoms with E-state index in [1.807, 2.05) is 20.8 Å². The quantitative estimate of drug-likeness (QED) is 0.820. The number of nitrogens with two attached hydrogens (primary N) is 1. The molecule has 0 fully saturated rings. The van der Waals surface area contributed by atoms with Gasteiger partial charge < -0.3 is 15.8 Å². The number of carbonyl (C=O) groups excluding carboxylic acids is 2. The highest BCUT2D eigenvalue weighted by Crippen LogP contribution is 2.36. The van der Waals surface area contributed by atoms with Crippen molar-refractivity contribution in [3.8, 4) is 0 Å². The third kappa shape index (κ3) is 2.64. The Bertz CT molecular complexity index is 466. The molecule has 1 amide bonds. The lowest BCUT2D eigenvalue weighted by Gasteiger charge is -2.10. The molecule has 0 aliphatic carbocycles. The Morgan fingerprint density at radius 1 is 1.44 bits per heavy atom. The zero-order valence-corrected chi connectivity index (χ0v) is 11.8. The number of ether oxygens (including phenoxy) is 1. The summed E-state index contributed by atoms with van der Waals surface area (Å²) in [6.45, 7) is 6.17. The maximum absolute atomic E-state index is 12.0. The largest absolute Gasteiger partial charge is 0.465 e. The molecule has 1 rings (SSSR count). The van der Waals surface area contributed by atoms with Gasteiger partial charge in [0.25, 0.3) is 5.91 Å². The molecule has 0 bridgehead atoms. The van der Waals surface area contributed by atoms with Gasteiger partial charge in [0.05, 0.1) is 17.7 Å². The van der Waals surface area contributed by atoms with E-state index in [1.54, 1.807) is 0 Å². The van der Waals surface area contributed by atoms with Crippen LogP contribution in [0, 0.1) is 0 Å². The summed E-state index contributed by atoms with van der Waals surface area (Å²) >= 11 is 1.10. The molecule has 0 atom stereocenters. The third-order valence-corrected chi connectivity index (χ3v) is 3.50. The van der Waals surface area contributed by atoms with Crippen molar-refractivity contribution in [1.29, 1.82) is 0 Å². The Morgan fingerprint density at radius 2 is 2.06 bits per heavy atom. The number of rotatable bonds is 4. The van der Waals surface area contributed by atoms with Gasteiger partial charge >= 0.3 is 5.97 Å². The number of hydrogen-bond acceptors (Lipinski definition) is 5. The van der Waals surface area contributed by atoms with Gasteiger partial charge in [-0.25, -0.2) is 4.79 Å². The SMILES string of the molecule is CCNC(=O)c1c(N)sc(C(=O)OC)c1C(C)C. The van der Waals surface area contributed by atoms with E-state index < -0.39 is 5.97 Å². The molecule has 0 radical (unpaired) electrons. The standard InChI is InChI=1S/C12H18N2O3S/c1-5-14-11(15)8-7(6(2)3)9(12(16)17-4)18-10(8)13/h6H,5,13H2,1-4H3,(H,14,15). The smallest absolute Gasteiger partial charge is 0.348 e. The second-order valence-corrected chi connectivity index (χ2v) is 5.14. The van der Waals surface area contributed by atoms with Gasteiger partial charge in [0.15, 0.2) is 0 Å².